The van der Waals surface area contributed by atoms with Crippen LogP contribution in [0.25, 0.3) is 0 Å². The number of ether oxygens (including phenoxy) is 2. The van der Waals surface area contributed by atoms with Gasteiger partial charge in [0.05, 0.1) is 12.3 Å². The second-order valence-corrected chi connectivity index (χ2v) is 10.2. The minimum atomic E-state index is -4.95. The fourth-order valence-electron chi connectivity index (χ4n) is 4.00. The van der Waals surface area contributed by atoms with E-state index in [1.807, 2.05) is 12.2 Å². The second kappa shape index (κ2) is 12.2. The lowest BCUT2D eigenvalue weighted by Gasteiger charge is -2.21. The number of sulfonamides is 1. The van der Waals surface area contributed by atoms with Crippen molar-refractivity contribution >= 4 is 33.3 Å². The molecule has 206 valence electrons. The normalized spacial score (nSPS) is 16.4. The van der Waals surface area contributed by atoms with E-state index in [4.69, 9.17) is 4.74 Å². The third-order valence-electron chi connectivity index (χ3n) is 5.68. The Hall–Kier alpha value is -3.74. The molecule has 0 heterocycles. The zero-order valence-corrected chi connectivity index (χ0v) is 21.1. The molecule has 2 atom stereocenters. The Kier molecular flexibility index (Phi) is 9.26. The molecule has 0 aromatic heterocycles. The standard InChI is InChI=1S/C25H27F3N2O7S/c1-2-36-21-15-17(29-23(31)20(24(32)33)13-16-7-4-3-5-8-16)11-12-22(21)38(34,35)30-18-9-6-10-19(14-18)37-25(26,27)28/h3-4,6,9-12,14-16,20,30H,2,5,7-8,13H2,1H3,(H,29,31)(H,32,33). The predicted molar refractivity (Wildman–Crippen MR) is 132 cm³/mol. The zero-order valence-electron chi connectivity index (χ0n) is 20.3. The van der Waals surface area contributed by atoms with Crippen LogP contribution < -0.4 is 19.5 Å². The smallest absolute Gasteiger partial charge is 0.492 e. The quantitative estimate of drug-likeness (QED) is 0.257. The summed E-state index contributed by atoms with van der Waals surface area (Å²) in [4.78, 5) is 24.2. The Bertz CT molecular complexity index is 1300. The third-order valence-corrected chi connectivity index (χ3v) is 7.10. The molecule has 3 rings (SSSR count). The van der Waals surface area contributed by atoms with Gasteiger partial charge >= 0.3 is 12.3 Å². The van der Waals surface area contributed by atoms with E-state index in [2.05, 4.69) is 14.8 Å². The van der Waals surface area contributed by atoms with Gasteiger partial charge in [0.15, 0.2) is 0 Å². The largest absolute Gasteiger partial charge is 0.573 e. The summed E-state index contributed by atoms with van der Waals surface area (Å²) in [5, 5.41) is 12.1. The lowest BCUT2D eigenvalue weighted by molar-refractivity contribution is -0.274. The zero-order chi connectivity index (χ0) is 27.9. The highest BCUT2D eigenvalue weighted by Gasteiger charge is 2.32. The van der Waals surface area contributed by atoms with Gasteiger partial charge in [-0.25, -0.2) is 8.42 Å². The second-order valence-electron chi connectivity index (χ2n) is 8.54. The van der Waals surface area contributed by atoms with Crippen LogP contribution in [0.3, 0.4) is 0 Å². The van der Waals surface area contributed by atoms with Gasteiger partial charge in [0.2, 0.25) is 5.91 Å². The van der Waals surface area contributed by atoms with Crippen LogP contribution in [0, 0.1) is 11.8 Å². The summed E-state index contributed by atoms with van der Waals surface area (Å²) >= 11 is 0. The van der Waals surface area contributed by atoms with Gasteiger partial charge in [0.1, 0.15) is 22.3 Å². The molecule has 0 fully saturated rings. The van der Waals surface area contributed by atoms with Crippen molar-refractivity contribution in [1.29, 1.82) is 0 Å². The van der Waals surface area contributed by atoms with E-state index in [0.29, 0.717) is 6.42 Å². The lowest BCUT2D eigenvalue weighted by atomic mass is 9.85. The van der Waals surface area contributed by atoms with Crippen LogP contribution in [-0.2, 0) is 19.6 Å². The highest BCUT2D eigenvalue weighted by atomic mass is 32.2. The van der Waals surface area contributed by atoms with E-state index in [9.17, 15) is 36.3 Å². The van der Waals surface area contributed by atoms with E-state index >= 15 is 0 Å². The molecule has 0 spiro atoms. The van der Waals surface area contributed by atoms with Crippen LogP contribution in [0.2, 0.25) is 0 Å². The minimum absolute atomic E-state index is 0.0573. The molecular formula is C25H27F3N2O7S. The van der Waals surface area contributed by atoms with Gasteiger partial charge in [-0.3, -0.25) is 14.3 Å². The Morgan fingerprint density at radius 2 is 1.89 bits per heavy atom. The van der Waals surface area contributed by atoms with Crippen LogP contribution in [0.4, 0.5) is 24.5 Å². The molecule has 3 N–H and O–H groups in total. The number of aliphatic carboxylic acids is 1. The number of carbonyl (C=O) groups is 2. The van der Waals surface area contributed by atoms with Crippen molar-refractivity contribution in [2.75, 3.05) is 16.6 Å². The molecule has 38 heavy (non-hydrogen) atoms. The van der Waals surface area contributed by atoms with Crippen LogP contribution in [0.15, 0.2) is 59.5 Å². The van der Waals surface area contributed by atoms with Crippen molar-refractivity contribution in [2.24, 2.45) is 11.8 Å². The van der Waals surface area contributed by atoms with Crippen LogP contribution in [0.5, 0.6) is 11.5 Å². The molecule has 1 aliphatic rings. The van der Waals surface area contributed by atoms with Gasteiger partial charge in [0.25, 0.3) is 10.0 Å². The molecule has 1 amide bonds. The van der Waals surface area contributed by atoms with Crippen molar-refractivity contribution in [2.45, 2.75) is 43.9 Å². The number of rotatable bonds is 11. The number of alkyl halides is 3. The SMILES string of the molecule is CCOc1cc(NC(=O)C(CC2CC=CCC2)C(=O)O)ccc1S(=O)(=O)Nc1cccc(OC(F)(F)F)c1. The molecule has 13 heteroatoms. The van der Waals surface area contributed by atoms with Crippen LogP contribution in [-0.4, -0.2) is 38.4 Å². The number of benzene rings is 2. The van der Waals surface area contributed by atoms with E-state index in [-0.39, 0.29) is 41.0 Å². The molecule has 1 aliphatic carbocycles. The number of amides is 1. The summed E-state index contributed by atoms with van der Waals surface area (Å²) in [6.07, 6.45) is 1.48. The first-order chi connectivity index (χ1) is 17.9. The van der Waals surface area contributed by atoms with E-state index in [1.54, 1.807) is 6.92 Å². The topological polar surface area (TPSA) is 131 Å². The molecular weight excluding hydrogens is 529 g/mol. The number of hydrogen-bond acceptors (Lipinski definition) is 6. The molecule has 0 saturated heterocycles. The van der Waals surface area contributed by atoms with Gasteiger partial charge in [-0.1, -0.05) is 18.2 Å². The number of carbonyl (C=O) groups excluding carboxylic acids is 1. The van der Waals surface area contributed by atoms with Gasteiger partial charge in [0, 0.05) is 17.8 Å². The van der Waals surface area contributed by atoms with Crippen molar-refractivity contribution in [3.05, 3.63) is 54.6 Å². The summed E-state index contributed by atoms with van der Waals surface area (Å²) in [5.41, 5.74) is -0.0683. The fraction of sp³-hybridized carbons (Fsp3) is 0.360. The van der Waals surface area contributed by atoms with Crippen molar-refractivity contribution in [3.63, 3.8) is 0 Å². The van der Waals surface area contributed by atoms with Crippen LogP contribution >= 0.6 is 0 Å². The highest BCUT2D eigenvalue weighted by Crippen LogP contribution is 2.32. The molecule has 0 aliphatic heterocycles. The molecule has 2 unspecified atom stereocenters. The Morgan fingerprint density at radius 1 is 1.13 bits per heavy atom. The number of carboxylic acid groups (broad SMARTS) is 1. The average molecular weight is 557 g/mol. The van der Waals surface area contributed by atoms with E-state index in [0.717, 1.165) is 31.0 Å². The molecule has 2 aromatic rings. The van der Waals surface area contributed by atoms with Crippen LogP contribution in [0.1, 0.15) is 32.6 Å². The molecule has 2 aromatic carbocycles. The van der Waals surface area contributed by atoms with Crippen molar-refractivity contribution < 1.29 is 45.8 Å². The van der Waals surface area contributed by atoms with Crippen molar-refractivity contribution in [1.82, 2.24) is 0 Å². The number of nitrogens with one attached hydrogen (secondary N) is 2. The lowest BCUT2D eigenvalue weighted by Crippen LogP contribution is -2.31. The Morgan fingerprint density at radius 3 is 2.53 bits per heavy atom. The first-order valence-electron chi connectivity index (χ1n) is 11.7. The maximum absolute atomic E-state index is 13.0. The van der Waals surface area contributed by atoms with E-state index < -0.39 is 39.9 Å². The number of allylic oxidation sites excluding steroid dienone is 2. The predicted octanol–water partition coefficient (Wildman–Crippen LogP) is 5.17. The fourth-order valence-corrected chi connectivity index (χ4v) is 5.17. The Balaban J connectivity index is 1.80. The van der Waals surface area contributed by atoms with Gasteiger partial charge < -0.3 is 19.9 Å². The van der Waals surface area contributed by atoms with Gasteiger partial charge in [-0.2, -0.15) is 0 Å². The summed E-state index contributed by atoms with van der Waals surface area (Å²) < 4.78 is 75.0. The first kappa shape index (κ1) is 28.8. The number of halogens is 3. The van der Waals surface area contributed by atoms with E-state index in [1.165, 1.54) is 24.3 Å². The molecule has 9 nitrogen and oxygen atoms in total. The summed E-state index contributed by atoms with van der Waals surface area (Å²) in [6, 6.07) is 7.95. The van der Waals surface area contributed by atoms with Gasteiger partial charge in [-0.15, -0.1) is 13.2 Å². The monoisotopic (exact) mass is 556 g/mol. The molecule has 0 saturated carbocycles. The summed E-state index contributed by atoms with van der Waals surface area (Å²) in [5.74, 6) is -4.00. The Labute approximate surface area is 217 Å². The van der Waals surface area contributed by atoms with Gasteiger partial charge in [-0.05, 0) is 62.8 Å². The average Bonchev–Trinajstić information content (AvgIpc) is 2.82. The number of carboxylic acids is 1. The molecule has 0 radical (unpaired) electrons. The maximum Gasteiger partial charge on any atom is 0.573 e. The summed E-state index contributed by atoms with van der Waals surface area (Å²) in [7, 11) is -4.35. The summed E-state index contributed by atoms with van der Waals surface area (Å²) in [6.45, 7) is 1.66. The first-order valence-corrected chi connectivity index (χ1v) is 13.2. The minimum Gasteiger partial charge on any atom is -0.492 e. The molecule has 0 bridgehead atoms. The highest BCUT2D eigenvalue weighted by molar-refractivity contribution is 7.92. The number of anilines is 2. The number of hydrogen-bond donors (Lipinski definition) is 3. The third kappa shape index (κ3) is 8.13. The maximum atomic E-state index is 13.0. The van der Waals surface area contributed by atoms with Crippen molar-refractivity contribution in [3.8, 4) is 11.5 Å².